The van der Waals surface area contributed by atoms with Crippen LogP contribution < -0.4 is 0 Å². The Hall–Kier alpha value is -3.26. The molecule has 0 atom stereocenters. The van der Waals surface area contributed by atoms with Crippen LogP contribution in [-0.2, 0) is 4.74 Å². The first-order chi connectivity index (χ1) is 11.2. The molecule has 0 fully saturated rings. The first kappa shape index (κ1) is 14.7. The molecule has 2 heterocycles. The molecule has 0 radical (unpaired) electrons. The highest BCUT2D eigenvalue weighted by atomic mass is 16.5. The average Bonchev–Trinajstić information content (AvgIpc) is 3.24. The van der Waals surface area contributed by atoms with Gasteiger partial charge in [0.2, 0.25) is 0 Å². The number of benzene rings is 1. The van der Waals surface area contributed by atoms with E-state index in [1.54, 1.807) is 43.5 Å². The third kappa shape index (κ3) is 2.87. The summed E-state index contributed by atoms with van der Waals surface area (Å²) < 4.78 is 10.5. The SMILES string of the molecule is CCOC(=O)c1[nH]c(-c2ccco2)cc1-c1ccc(C#N)cc1. The second-order valence-electron chi connectivity index (χ2n) is 4.86. The van der Waals surface area contributed by atoms with Crippen LogP contribution in [0.3, 0.4) is 0 Å². The Kier molecular flexibility index (Phi) is 3.98. The Bertz CT molecular complexity index is 853. The molecule has 5 heteroatoms. The lowest BCUT2D eigenvalue weighted by Crippen LogP contribution is -2.06. The Morgan fingerprint density at radius 3 is 2.70 bits per heavy atom. The molecular formula is C18H14N2O3. The number of esters is 1. The zero-order chi connectivity index (χ0) is 16.2. The Morgan fingerprint density at radius 2 is 2.09 bits per heavy atom. The summed E-state index contributed by atoms with van der Waals surface area (Å²) in [5.41, 5.74) is 3.15. The van der Waals surface area contributed by atoms with Crippen LogP contribution in [0.2, 0.25) is 0 Å². The first-order valence-corrected chi connectivity index (χ1v) is 7.17. The molecule has 0 aliphatic heterocycles. The van der Waals surface area contributed by atoms with Gasteiger partial charge >= 0.3 is 5.97 Å². The van der Waals surface area contributed by atoms with Crippen LogP contribution in [0, 0.1) is 11.3 Å². The van der Waals surface area contributed by atoms with E-state index in [-0.39, 0.29) is 0 Å². The van der Waals surface area contributed by atoms with Crippen LogP contribution in [0.15, 0.2) is 53.1 Å². The monoisotopic (exact) mass is 306 g/mol. The number of nitrogens with one attached hydrogen (secondary N) is 1. The van der Waals surface area contributed by atoms with Crippen molar-refractivity contribution >= 4 is 5.97 Å². The molecule has 23 heavy (non-hydrogen) atoms. The van der Waals surface area contributed by atoms with Crippen LogP contribution in [-0.4, -0.2) is 17.6 Å². The van der Waals surface area contributed by atoms with Gasteiger partial charge in [0, 0.05) is 5.56 Å². The van der Waals surface area contributed by atoms with Crippen LogP contribution >= 0.6 is 0 Å². The highest BCUT2D eigenvalue weighted by molar-refractivity contribution is 5.97. The molecule has 1 N–H and O–H groups in total. The summed E-state index contributed by atoms with van der Waals surface area (Å²) in [4.78, 5) is 15.3. The third-order valence-electron chi connectivity index (χ3n) is 3.41. The number of H-pyrrole nitrogens is 1. The quantitative estimate of drug-likeness (QED) is 0.739. The number of carbonyl (C=O) groups is 1. The van der Waals surface area contributed by atoms with Crippen LogP contribution in [0.5, 0.6) is 0 Å². The van der Waals surface area contributed by atoms with Crippen molar-refractivity contribution in [1.82, 2.24) is 4.98 Å². The molecule has 0 spiro atoms. The predicted molar refractivity (Wildman–Crippen MR) is 84.6 cm³/mol. The molecule has 0 saturated carbocycles. The second-order valence-corrected chi connectivity index (χ2v) is 4.86. The summed E-state index contributed by atoms with van der Waals surface area (Å²) in [7, 11) is 0. The maximum atomic E-state index is 12.2. The molecule has 0 saturated heterocycles. The summed E-state index contributed by atoms with van der Waals surface area (Å²) >= 11 is 0. The molecule has 2 aromatic heterocycles. The highest BCUT2D eigenvalue weighted by Crippen LogP contribution is 2.30. The van der Waals surface area contributed by atoms with E-state index in [1.807, 2.05) is 12.1 Å². The number of furan rings is 1. The van der Waals surface area contributed by atoms with Crippen molar-refractivity contribution in [3.8, 4) is 28.7 Å². The van der Waals surface area contributed by atoms with Gasteiger partial charge in [-0.15, -0.1) is 0 Å². The van der Waals surface area contributed by atoms with Gasteiger partial charge in [0.05, 0.1) is 30.2 Å². The summed E-state index contributed by atoms with van der Waals surface area (Å²) in [5, 5.41) is 8.90. The smallest absolute Gasteiger partial charge is 0.355 e. The Morgan fingerprint density at radius 1 is 1.30 bits per heavy atom. The predicted octanol–water partition coefficient (Wildman–Crippen LogP) is 3.99. The van der Waals surface area contributed by atoms with Gasteiger partial charge in [-0.1, -0.05) is 12.1 Å². The fraction of sp³-hybridized carbons (Fsp3) is 0.111. The lowest BCUT2D eigenvalue weighted by molar-refractivity contribution is 0.0521. The molecule has 0 aliphatic carbocycles. The zero-order valence-electron chi connectivity index (χ0n) is 12.5. The number of nitriles is 1. The van der Waals surface area contributed by atoms with E-state index in [1.165, 1.54) is 0 Å². The summed E-state index contributed by atoms with van der Waals surface area (Å²) in [6, 6.07) is 14.5. The Labute approximate surface area is 133 Å². The molecular weight excluding hydrogens is 292 g/mol. The van der Waals surface area contributed by atoms with Gasteiger partial charge in [-0.05, 0) is 42.8 Å². The number of hydrogen-bond acceptors (Lipinski definition) is 4. The minimum atomic E-state index is -0.426. The molecule has 1 aromatic carbocycles. The van der Waals surface area contributed by atoms with E-state index in [0.717, 1.165) is 5.56 Å². The van der Waals surface area contributed by atoms with Crippen molar-refractivity contribution in [3.05, 3.63) is 60.0 Å². The van der Waals surface area contributed by atoms with E-state index in [9.17, 15) is 4.79 Å². The maximum absolute atomic E-state index is 12.2. The fourth-order valence-corrected chi connectivity index (χ4v) is 2.34. The fourth-order valence-electron chi connectivity index (χ4n) is 2.34. The number of hydrogen-bond donors (Lipinski definition) is 1. The van der Waals surface area contributed by atoms with E-state index in [2.05, 4.69) is 11.1 Å². The van der Waals surface area contributed by atoms with Crippen LogP contribution in [0.4, 0.5) is 0 Å². The van der Waals surface area contributed by atoms with Crippen LogP contribution in [0.25, 0.3) is 22.6 Å². The van der Waals surface area contributed by atoms with Crippen molar-refractivity contribution in [2.75, 3.05) is 6.61 Å². The van der Waals surface area contributed by atoms with Gasteiger partial charge in [0.25, 0.3) is 0 Å². The maximum Gasteiger partial charge on any atom is 0.355 e. The largest absolute Gasteiger partial charge is 0.463 e. The number of rotatable bonds is 4. The summed E-state index contributed by atoms with van der Waals surface area (Å²) in [5.74, 6) is 0.208. The van der Waals surface area contributed by atoms with E-state index in [4.69, 9.17) is 14.4 Å². The van der Waals surface area contributed by atoms with E-state index < -0.39 is 5.97 Å². The minimum absolute atomic E-state index is 0.292. The number of ether oxygens (including phenoxy) is 1. The van der Waals surface area contributed by atoms with Gasteiger partial charge in [-0.25, -0.2) is 4.79 Å². The molecule has 114 valence electrons. The third-order valence-corrected chi connectivity index (χ3v) is 3.41. The number of carbonyl (C=O) groups excluding carboxylic acids is 1. The number of aromatic amines is 1. The second kappa shape index (κ2) is 6.24. The molecule has 3 aromatic rings. The molecule has 0 aliphatic rings. The highest BCUT2D eigenvalue weighted by Gasteiger charge is 2.19. The molecule has 0 bridgehead atoms. The van der Waals surface area contributed by atoms with Crippen molar-refractivity contribution < 1.29 is 13.9 Å². The van der Waals surface area contributed by atoms with Crippen molar-refractivity contribution in [2.45, 2.75) is 6.92 Å². The number of aromatic nitrogens is 1. The molecule has 5 nitrogen and oxygen atoms in total. The van der Waals surface area contributed by atoms with Crippen molar-refractivity contribution in [2.24, 2.45) is 0 Å². The Balaban J connectivity index is 2.09. The summed E-state index contributed by atoms with van der Waals surface area (Å²) in [6.07, 6.45) is 1.57. The lowest BCUT2D eigenvalue weighted by Gasteiger charge is -2.04. The van der Waals surface area contributed by atoms with E-state index in [0.29, 0.717) is 34.9 Å². The standard InChI is InChI=1S/C18H14N2O3/c1-2-22-18(21)17-14(13-7-5-12(11-19)6-8-13)10-15(20-17)16-4-3-9-23-16/h3-10,20H,2H2,1H3. The minimum Gasteiger partial charge on any atom is -0.463 e. The van der Waals surface area contributed by atoms with E-state index >= 15 is 0 Å². The first-order valence-electron chi connectivity index (χ1n) is 7.17. The normalized spacial score (nSPS) is 10.3. The van der Waals surface area contributed by atoms with Gasteiger partial charge in [0.15, 0.2) is 0 Å². The molecule has 3 rings (SSSR count). The zero-order valence-corrected chi connectivity index (χ0v) is 12.5. The molecule has 0 unspecified atom stereocenters. The molecule has 0 amide bonds. The summed E-state index contributed by atoms with van der Waals surface area (Å²) in [6.45, 7) is 2.05. The van der Waals surface area contributed by atoms with Gasteiger partial charge in [-0.2, -0.15) is 5.26 Å². The van der Waals surface area contributed by atoms with Gasteiger partial charge in [0.1, 0.15) is 11.5 Å². The average molecular weight is 306 g/mol. The topological polar surface area (TPSA) is 79.0 Å². The number of nitrogens with zero attached hydrogens (tertiary/aromatic N) is 1. The van der Waals surface area contributed by atoms with Gasteiger partial charge in [-0.3, -0.25) is 0 Å². The van der Waals surface area contributed by atoms with Gasteiger partial charge < -0.3 is 14.1 Å². The van der Waals surface area contributed by atoms with Crippen molar-refractivity contribution in [3.63, 3.8) is 0 Å². The van der Waals surface area contributed by atoms with Crippen LogP contribution in [0.1, 0.15) is 23.0 Å². The van der Waals surface area contributed by atoms with Crippen molar-refractivity contribution in [1.29, 1.82) is 5.26 Å². The lowest BCUT2D eigenvalue weighted by atomic mass is 10.0.